The van der Waals surface area contributed by atoms with Gasteiger partial charge < -0.3 is 5.73 Å². The number of hydrogen-bond donors (Lipinski definition) is 1. The van der Waals surface area contributed by atoms with E-state index < -0.39 is 0 Å². The second-order valence-corrected chi connectivity index (χ2v) is 6.04. The predicted molar refractivity (Wildman–Crippen MR) is 80.9 cm³/mol. The fourth-order valence-electron chi connectivity index (χ4n) is 3.44. The minimum atomic E-state index is 0.362. The van der Waals surface area contributed by atoms with Gasteiger partial charge in [0.1, 0.15) is 0 Å². The summed E-state index contributed by atoms with van der Waals surface area (Å²) in [5, 5.41) is 0. The number of nitrogens with two attached hydrogens (primary N) is 1. The molecule has 0 radical (unpaired) electrons. The zero-order chi connectivity index (χ0) is 13.3. The Morgan fingerprint density at radius 2 is 1.56 bits per heavy atom. The second-order valence-electron chi connectivity index (χ2n) is 6.04. The van der Waals surface area contributed by atoms with Crippen LogP contribution in [0.5, 0.6) is 0 Å². The molecule has 1 fully saturated rings. The summed E-state index contributed by atoms with van der Waals surface area (Å²) in [4.78, 5) is 2.73. The molecule has 2 N–H and O–H groups in total. The van der Waals surface area contributed by atoms with Crippen LogP contribution in [0.2, 0.25) is 0 Å². The summed E-state index contributed by atoms with van der Waals surface area (Å²) in [5.41, 5.74) is 6.47. The van der Waals surface area contributed by atoms with Crippen molar-refractivity contribution in [3.63, 3.8) is 0 Å². The first-order chi connectivity index (χ1) is 8.79. The molecular weight excluding hydrogens is 220 g/mol. The van der Waals surface area contributed by atoms with Crippen LogP contribution >= 0.6 is 0 Å². The Hall–Kier alpha value is -0.0800. The van der Waals surface area contributed by atoms with E-state index in [1.165, 1.54) is 77.3 Å². The molecular formula is C16H34N2. The summed E-state index contributed by atoms with van der Waals surface area (Å²) in [6.07, 6.45) is 13.6. The minimum absolute atomic E-state index is 0.362. The SMILES string of the molecule is CCCCCCCN(CCC)C1(CN)CCCC1. The molecule has 2 heteroatoms. The molecule has 0 aromatic carbocycles. The van der Waals surface area contributed by atoms with E-state index in [2.05, 4.69) is 18.7 Å². The van der Waals surface area contributed by atoms with Gasteiger partial charge in [-0.1, -0.05) is 52.4 Å². The van der Waals surface area contributed by atoms with Crippen molar-refractivity contribution in [2.75, 3.05) is 19.6 Å². The third-order valence-corrected chi connectivity index (χ3v) is 4.61. The molecule has 0 saturated heterocycles. The van der Waals surface area contributed by atoms with E-state index in [0.29, 0.717) is 5.54 Å². The molecule has 0 atom stereocenters. The van der Waals surface area contributed by atoms with E-state index in [0.717, 1.165) is 6.54 Å². The van der Waals surface area contributed by atoms with Crippen LogP contribution in [-0.2, 0) is 0 Å². The Bertz CT molecular complexity index is 197. The molecule has 0 amide bonds. The molecule has 2 nitrogen and oxygen atoms in total. The monoisotopic (exact) mass is 254 g/mol. The molecule has 18 heavy (non-hydrogen) atoms. The number of rotatable bonds is 10. The highest BCUT2D eigenvalue weighted by molar-refractivity contribution is 4.95. The molecule has 0 aromatic heterocycles. The maximum atomic E-state index is 6.11. The average Bonchev–Trinajstić information content (AvgIpc) is 2.87. The molecule has 1 saturated carbocycles. The van der Waals surface area contributed by atoms with Crippen molar-refractivity contribution in [2.24, 2.45) is 5.73 Å². The molecule has 108 valence electrons. The zero-order valence-electron chi connectivity index (χ0n) is 12.7. The van der Waals surface area contributed by atoms with Gasteiger partial charge in [0.2, 0.25) is 0 Å². The number of unbranched alkanes of at least 4 members (excludes halogenated alkanes) is 4. The summed E-state index contributed by atoms with van der Waals surface area (Å²) in [6.45, 7) is 7.95. The van der Waals surface area contributed by atoms with Gasteiger partial charge in [-0.3, -0.25) is 4.90 Å². The Balaban J connectivity index is 2.38. The first-order valence-electron chi connectivity index (χ1n) is 8.24. The van der Waals surface area contributed by atoms with Crippen LogP contribution in [0.15, 0.2) is 0 Å². The van der Waals surface area contributed by atoms with Crippen LogP contribution < -0.4 is 5.73 Å². The van der Waals surface area contributed by atoms with Gasteiger partial charge in [-0.2, -0.15) is 0 Å². The first-order valence-corrected chi connectivity index (χ1v) is 8.24. The maximum absolute atomic E-state index is 6.11. The van der Waals surface area contributed by atoms with Crippen LogP contribution in [0.4, 0.5) is 0 Å². The third-order valence-electron chi connectivity index (χ3n) is 4.61. The van der Waals surface area contributed by atoms with Crippen molar-refractivity contribution in [2.45, 2.75) is 83.6 Å². The summed E-state index contributed by atoms with van der Waals surface area (Å²) >= 11 is 0. The second kappa shape index (κ2) is 8.92. The molecule has 1 aliphatic rings. The largest absolute Gasteiger partial charge is 0.329 e. The predicted octanol–water partition coefficient (Wildman–Crippen LogP) is 3.94. The number of nitrogens with zero attached hydrogens (tertiary/aromatic N) is 1. The molecule has 0 heterocycles. The minimum Gasteiger partial charge on any atom is -0.329 e. The van der Waals surface area contributed by atoms with E-state index in [1.807, 2.05) is 0 Å². The molecule has 0 bridgehead atoms. The lowest BCUT2D eigenvalue weighted by atomic mass is 9.94. The van der Waals surface area contributed by atoms with Gasteiger partial charge in [0.25, 0.3) is 0 Å². The van der Waals surface area contributed by atoms with Gasteiger partial charge in [-0.15, -0.1) is 0 Å². The van der Waals surface area contributed by atoms with Crippen molar-refractivity contribution in [3.05, 3.63) is 0 Å². The standard InChI is InChI=1S/C16H34N2/c1-3-5-6-7-10-14-18(13-4-2)16(15-17)11-8-9-12-16/h3-15,17H2,1-2H3. The van der Waals surface area contributed by atoms with Gasteiger partial charge in [-0.05, 0) is 38.8 Å². The molecule has 1 aliphatic carbocycles. The van der Waals surface area contributed by atoms with Gasteiger partial charge in [0.05, 0.1) is 0 Å². The Kier molecular flexibility index (Phi) is 7.92. The molecule has 0 unspecified atom stereocenters. The summed E-state index contributed by atoms with van der Waals surface area (Å²) in [5.74, 6) is 0. The fraction of sp³-hybridized carbons (Fsp3) is 1.00. The molecule has 0 aromatic rings. The smallest absolute Gasteiger partial charge is 0.0331 e. The topological polar surface area (TPSA) is 29.3 Å². The average molecular weight is 254 g/mol. The quantitative estimate of drug-likeness (QED) is 0.598. The highest BCUT2D eigenvalue weighted by atomic mass is 15.2. The lowest BCUT2D eigenvalue weighted by Gasteiger charge is -2.41. The van der Waals surface area contributed by atoms with Gasteiger partial charge in [0.15, 0.2) is 0 Å². The molecule has 0 spiro atoms. The van der Waals surface area contributed by atoms with Crippen LogP contribution in [0.1, 0.15) is 78.1 Å². The van der Waals surface area contributed by atoms with Crippen molar-refractivity contribution in [1.29, 1.82) is 0 Å². The van der Waals surface area contributed by atoms with E-state index in [-0.39, 0.29) is 0 Å². The first kappa shape index (κ1) is 16.0. The van der Waals surface area contributed by atoms with Gasteiger partial charge in [0, 0.05) is 12.1 Å². The Labute approximate surface area is 114 Å². The fourth-order valence-corrected chi connectivity index (χ4v) is 3.44. The Morgan fingerprint density at radius 1 is 0.889 bits per heavy atom. The zero-order valence-corrected chi connectivity index (χ0v) is 12.7. The Morgan fingerprint density at radius 3 is 2.11 bits per heavy atom. The van der Waals surface area contributed by atoms with Crippen molar-refractivity contribution < 1.29 is 0 Å². The number of hydrogen-bond acceptors (Lipinski definition) is 2. The van der Waals surface area contributed by atoms with Crippen LogP contribution in [0.25, 0.3) is 0 Å². The highest BCUT2D eigenvalue weighted by Gasteiger charge is 2.37. The lowest BCUT2D eigenvalue weighted by molar-refractivity contribution is 0.0962. The van der Waals surface area contributed by atoms with E-state index in [4.69, 9.17) is 5.73 Å². The van der Waals surface area contributed by atoms with Gasteiger partial charge in [-0.25, -0.2) is 0 Å². The molecule has 1 rings (SSSR count). The summed E-state index contributed by atoms with van der Waals surface area (Å²) in [7, 11) is 0. The van der Waals surface area contributed by atoms with Crippen molar-refractivity contribution in [1.82, 2.24) is 4.90 Å². The van der Waals surface area contributed by atoms with Gasteiger partial charge >= 0.3 is 0 Å². The highest BCUT2D eigenvalue weighted by Crippen LogP contribution is 2.34. The summed E-state index contributed by atoms with van der Waals surface area (Å²) in [6, 6.07) is 0. The van der Waals surface area contributed by atoms with Crippen molar-refractivity contribution in [3.8, 4) is 0 Å². The van der Waals surface area contributed by atoms with Crippen molar-refractivity contribution >= 4 is 0 Å². The normalized spacial score (nSPS) is 18.7. The van der Waals surface area contributed by atoms with E-state index in [9.17, 15) is 0 Å². The summed E-state index contributed by atoms with van der Waals surface area (Å²) < 4.78 is 0. The lowest BCUT2D eigenvalue weighted by Crippen LogP contribution is -2.52. The third kappa shape index (κ3) is 4.55. The van der Waals surface area contributed by atoms with Crippen LogP contribution in [0.3, 0.4) is 0 Å². The van der Waals surface area contributed by atoms with E-state index >= 15 is 0 Å². The van der Waals surface area contributed by atoms with Crippen LogP contribution in [-0.4, -0.2) is 30.1 Å². The van der Waals surface area contributed by atoms with E-state index in [1.54, 1.807) is 0 Å². The maximum Gasteiger partial charge on any atom is 0.0331 e. The van der Waals surface area contributed by atoms with Crippen LogP contribution in [0, 0.1) is 0 Å². The molecule has 0 aliphatic heterocycles.